The van der Waals surface area contributed by atoms with Gasteiger partial charge in [-0.15, -0.1) is 0 Å². The van der Waals surface area contributed by atoms with Crippen molar-refractivity contribution < 1.29 is 27.5 Å². The largest absolute Gasteiger partial charge is 0.482 e. The number of hydrogen-bond donors (Lipinski definition) is 0. The van der Waals surface area contributed by atoms with Crippen molar-refractivity contribution in [1.82, 2.24) is 4.90 Å². The Morgan fingerprint density at radius 1 is 1.00 bits per heavy atom. The second-order valence-corrected chi connectivity index (χ2v) is 9.29. The minimum atomic E-state index is -3.10. The average molecular weight is 395 g/mol. The topological polar surface area (TPSA) is 90.0 Å². The van der Waals surface area contributed by atoms with E-state index < -0.39 is 15.8 Å². The maximum absolute atomic E-state index is 12.7. The fraction of sp³-hybridized carbons (Fsp3) is 0.579. The summed E-state index contributed by atoms with van der Waals surface area (Å²) in [5.41, 5.74) is 0. The molecule has 0 unspecified atom stereocenters. The van der Waals surface area contributed by atoms with Crippen molar-refractivity contribution in [3.8, 4) is 5.75 Å². The van der Waals surface area contributed by atoms with Crippen molar-refractivity contribution in [2.45, 2.75) is 44.2 Å². The SMILES string of the molecule is O=C(COc1ccccc1)OCC(=O)N(C1CCCC1)[C@H]1CCS(=O)(=O)C1. The molecular weight excluding hydrogens is 370 g/mol. The Balaban J connectivity index is 1.53. The molecular formula is C19H25NO6S. The maximum Gasteiger partial charge on any atom is 0.344 e. The first-order valence-electron chi connectivity index (χ1n) is 9.30. The molecule has 1 saturated carbocycles. The number of sulfone groups is 1. The summed E-state index contributed by atoms with van der Waals surface area (Å²) in [5, 5.41) is 0. The lowest BCUT2D eigenvalue weighted by molar-refractivity contribution is -0.155. The highest BCUT2D eigenvalue weighted by atomic mass is 32.2. The van der Waals surface area contributed by atoms with Gasteiger partial charge >= 0.3 is 5.97 Å². The second-order valence-electron chi connectivity index (χ2n) is 7.06. The third-order valence-electron chi connectivity index (χ3n) is 5.06. The molecule has 1 aliphatic heterocycles. The molecule has 148 valence electrons. The number of ether oxygens (including phenoxy) is 2. The predicted octanol–water partition coefficient (Wildman–Crippen LogP) is 1.57. The summed E-state index contributed by atoms with van der Waals surface area (Å²) >= 11 is 0. The molecule has 0 N–H and O–H groups in total. The van der Waals surface area contributed by atoms with Crippen LogP contribution in [0.4, 0.5) is 0 Å². The highest BCUT2D eigenvalue weighted by Crippen LogP contribution is 2.29. The van der Waals surface area contributed by atoms with Crippen LogP contribution in [0.5, 0.6) is 5.75 Å². The molecule has 1 aromatic carbocycles. The lowest BCUT2D eigenvalue weighted by Crippen LogP contribution is -2.48. The van der Waals surface area contributed by atoms with Crippen molar-refractivity contribution in [3.05, 3.63) is 30.3 Å². The van der Waals surface area contributed by atoms with Crippen LogP contribution in [0.2, 0.25) is 0 Å². The summed E-state index contributed by atoms with van der Waals surface area (Å²) in [6, 6.07) is 8.59. The number of carbonyl (C=O) groups excluding carboxylic acids is 2. The van der Waals surface area contributed by atoms with Gasteiger partial charge < -0.3 is 14.4 Å². The van der Waals surface area contributed by atoms with Crippen molar-refractivity contribution in [2.24, 2.45) is 0 Å². The number of rotatable bonds is 7. The normalized spacial score (nSPS) is 21.7. The third kappa shape index (κ3) is 5.45. The molecule has 27 heavy (non-hydrogen) atoms. The van der Waals surface area contributed by atoms with E-state index in [2.05, 4.69) is 0 Å². The third-order valence-corrected chi connectivity index (χ3v) is 6.81. The van der Waals surface area contributed by atoms with Gasteiger partial charge in [0, 0.05) is 12.1 Å². The Labute approximate surface area is 159 Å². The van der Waals surface area contributed by atoms with Gasteiger partial charge in [-0.25, -0.2) is 13.2 Å². The zero-order valence-corrected chi connectivity index (χ0v) is 16.0. The van der Waals surface area contributed by atoms with Crippen LogP contribution in [-0.2, 0) is 24.2 Å². The summed E-state index contributed by atoms with van der Waals surface area (Å²) < 4.78 is 34.0. The molecule has 1 amide bonds. The first kappa shape index (κ1) is 19.7. The van der Waals surface area contributed by atoms with Crippen LogP contribution in [0.15, 0.2) is 30.3 Å². The number of benzene rings is 1. The second kappa shape index (κ2) is 8.73. The van der Waals surface area contributed by atoms with Gasteiger partial charge in [0.05, 0.1) is 11.5 Å². The predicted molar refractivity (Wildman–Crippen MR) is 99.1 cm³/mol. The van der Waals surface area contributed by atoms with Gasteiger partial charge in [-0.2, -0.15) is 0 Å². The first-order valence-corrected chi connectivity index (χ1v) is 11.1. The van der Waals surface area contributed by atoms with Gasteiger partial charge in [0.15, 0.2) is 23.1 Å². The number of hydrogen-bond acceptors (Lipinski definition) is 6. The summed E-state index contributed by atoms with van der Waals surface area (Å²) in [4.78, 5) is 26.3. The summed E-state index contributed by atoms with van der Waals surface area (Å²) in [5.74, 6) is -0.293. The van der Waals surface area contributed by atoms with Crippen molar-refractivity contribution in [2.75, 3.05) is 24.7 Å². The minimum absolute atomic E-state index is 0.000302. The van der Waals surface area contributed by atoms with Crippen molar-refractivity contribution in [3.63, 3.8) is 0 Å². The Kier molecular flexibility index (Phi) is 6.36. The molecule has 0 spiro atoms. The first-order chi connectivity index (χ1) is 12.9. The Morgan fingerprint density at radius 2 is 1.70 bits per heavy atom. The van der Waals surface area contributed by atoms with Crippen molar-refractivity contribution >= 4 is 21.7 Å². The van der Waals surface area contributed by atoms with Crippen molar-refractivity contribution in [1.29, 1.82) is 0 Å². The standard InChI is InChI=1S/C19H25NO6S/c21-18(12-26-19(22)13-25-17-8-2-1-3-9-17)20(15-6-4-5-7-15)16-10-11-27(23,24)14-16/h1-3,8-9,15-16H,4-7,10-14H2/t16-/m0/s1. The Morgan fingerprint density at radius 3 is 2.33 bits per heavy atom. The van der Waals surface area contributed by atoms with Gasteiger partial charge in [-0.3, -0.25) is 4.79 Å². The van der Waals surface area contributed by atoms with Gasteiger partial charge in [-0.05, 0) is 31.4 Å². The quantitative estimate of drug-likeness (QED) is 0.651. The van der Waals surface area contributed by atoms with E-state index in [4.69, 9.17) is 9.47 Å². The van der Waals surface area contributed by atoms with Gasteiger partial charge in [0.25, 0.3) is 5.91 Å². The van der Waals surface area contributed by atoms with Crippen LogP contribution < -0.4 is 4.74 Å². The average Bonchev–Trinajstić information content (AvgIpc) is 3.29. The van der Waals surface area contributed by atoms with E-state index >= 15 is 0 Å². The molecule has 3 rings (SSSR count). The lowest BCUT2D eigenvalue weighted by atomic mass is 10.1. The zero-order chi connectivity index (χ0) is 19.3. The zero-order valence-electron chi connectivity index (χ0n) is 15.2. The van der Waals surface area contributed by atoms with Crippen LogP contribution in [0, 0.1) is 0 Å². The molecule has 1 saturated heterocycles. The van der Waals surface area contributed by atoms with Crippen LogP contribution >= 0.6 is 0 Å². The van der Waals surface area contributed by atoms with Gasteiger partial charge in [0.2, 0.25) is 0 Å². The number of nitrogens with zero attached hydrogens (tertiary/aromatic N) is 1. The fourth-order valence-electron chi connectivity index (χ4n) is 3.80. The number of esters is 1. The van der Waals surface area contributed by atoms with Crippen LogP contribution in [0.1, 0.15) is 32.1 Å². The molecule has 1 heterocycles. The highest BCUT2D eigenvalue weighted by molar-refractivity contribution is 7.91. The molecule has 2 aliphatic rings. The molecule has 8 heteroatoms. The summed E-state index contributed by atoms with van der Waals surface area (Å²) in [6.45, 7) is -0.664. The molecule has 1 aliphatic carbocycles. The summed E-state index contributed by atoms with van der Waals surface area (Å²) in [7, 11) is -3.10. The van der Waals surface area contributed by atoms with E-state index in [1.165, 1.54) is 0 Å². The van der Waals surface area contributed by atoms with E-state index in [-0.39, 0.29) is 42.7 Å². The van der Waals surface area contributed by atoms with E-state index in [0.717, 1.165) is 25.7 Å². The van der Waals surface area contributed by atoms with Gasteiger partial charge in [-0.1, -0.05) is 31.0 Å². The molecule has 2 fully saturated rings. The molecule has 1 atom stereocenters. The number of para-hydroxylation sites is 1. The monoisotopic (exact) mass is 395 g/mol. The van der Waals surface area contributed by atoms with Crippen LogP contribution in [-0.4, -0.2) is 62.0 Å². The van der Waals surface area contributed by atoms with Crippen LogP contribution in [0.25, 0.3) is 0 Å². The number of carbonyl (C=O) groups is 2. The summed E-state index contributed by atoms with van der Waals surface area (Å²) in [6.07, 6.45) is 4.24. The van der Waals surface area contributed by atoms with E-state index in [1.54, 1.807) is 29.2 Å². The van der Waals surface area contributed by atoms with Gasteiger partial charge in [0.1, 0.15) is 5.75 Å². The smallest absolute Gasteiger partial charge is 0.344 e. The fourth-order valence-corrected chi connectivity index (χ4v) is 5.51. The Hall–Kier alpha value is -2.09. The highest BCUT2D eigenvalue weighted by Gasteiger charge is 2.39. The lowest BCUT2D eigenvalue weighted by Gasteiger charge is -2.33. The van der Waals surface area contributed by atoms with E-state index in [9.17, 15) is 18.0 Å². The van der Waals surface area contributed by atoms with E-state index in [0.29, 0.717) is 12.2 Å². The number of amides is 1. The van der Waals surface area contributed by atoms with E-state index in [1.807, 2.05) is 6.07 Å². The molecule has 1 aromatic rings. The minimum Gasteiger partial charge on any atom is -0.482 e. The Bertz CT molecular complexity index is 758. The van der Waals surface area contributed by atoms with Crippen LogP contribution in [0.3, 0.4) is 0 Å². The molecule has 0 radical (unpaired) electrons. The molecule has 7 nitrogen and oxygen atoms in total. The molecule has 0 bridgehead atoms. The molecule has 0 aromatic heterocycles. The maximum atomic E-state index is 12.7.